The molecule has 0 aliphatic heterocycles. The van der Waals surface area contributed by atoms with E-state index in [0.29, 0.717) is 11.8 Å². The average Bonchev–Trinajstić information content (AvgIpc) is 2.81. The third-order valence-corrected chi connectivity index (χ3v) is 6.82. The summed E-state index contributed by atoms with van der Waals surface area (Å²) in [6, 6.07) is 26.1. The maximum Gasteiger partial charge on any atom is 0.169 e. The van der Waals surface area contributed by atoms with Gasteiger partial charge in [0.25, 0.3) is 0 Å². The minimum absolute atomic E-state index is 0.293. The minimum Gasteiger partial charge on any atom is -0.508 e. The van der Waals surface area contributed by atoms with Crippen LogP contribution in [0.25, 0.3) is 0 Å². The summed E-state index contributed by atoms with van der Waals surface area (Å²) in [5.41, 5.74) is 2.12. The molecule has 4 rings (SSSR count). The van der Waals surface area contributed by atoms with Crippen molar-refractivity contribution in [1.82, 2.24) is 4.90 Å². The smallest absolute Gasteiger partial charge is 0.169 e. The molecular formula is C26H27ClN2OS. The standard InChI is InChI=1S/C26H27ClN2OS/c27-21-13-17-25(18-14-21)31-26(28-22-7-3-1-4-8-22)29(23-9-5-2-6-10-23)19-20-11-15-24(30)16-12-20/h1,3-4,7-8,11-18,23,30H,2,5-6,9-10,19H2. The van der Waals surface area contributed by atoms with Crippen LogP contribution < -0.4 is 0 Å². The van der Waals surface area contributed by atoms with Crippen molar-refractivity contribution in [2.75, 3.05) is 0 Å². The van der Waals surface area contributed by atoms with E-state index in [4.69, 9.17) is 16.6 Å². The second kappa shape index (κ2) is 10.7. The lowest BCUT2D eigenvalue weighted by Gasteiger charge is -2.36. The SMILES string of the molecule is Oc1ccc(CN(C(=Nc2ccccc2)Sc2ccc(Cl)cc2)C2CCCCC2)cc1. The van der Waals surface area contributed by atoms with Crippen LogP contribution in [-0.4, -0.2) is 21.2 Å². The fraction of sp³-hybridized carbons (Fsp3) is 0.269. The maximum atomic E-state index is 9.71. The van der Waals surface area contributed by atoms with Gasteiger partial charge in [-0.15, -0.1) is 0 Å². The molecule has 1 fully saturated rings. The lowest BCUT2D eigenvalue weighted by atomic mass is 9.94. The van der Waals surface area contributed by atoms with Gasteiger partial charge in [-0.2, -0.15) is 0 Å². The fourth-order valence-electron chi connectivity index (χ4n) is 3.91. The highest BCUT2D eigenvalue weighted by atomic mass is 35.5. The predicted molar refractivity (Wildman–Crippen MR) is 131 cm³/mol. The first-order valence-corrected chi connectivity index (χ1v) is 12.0. The first-order valence-electron chi connectivity index (χ1n) is 10.8. The molecule has 3 aromatic carbocycles. The third kappa shape index (κ3) is 6.28. The lowest BCUT2D eigenvalue weighted by Crippen LogP contribution is -2.39. The van der Waals surface area contributed by atoms with Crippen LogP contribution in [0, 0.1) is 0 Å². The highest BCUT2D eigenvalue weighted by Crippen LogP contribution is 2.32. The number of phenolic OH excluding ortho intramolecular Hbond substituents is 1. The number of para-hydroxylation sites is 1. The zero-order valence-electron chi connectivity index (χ0n) is 17.5. The molecule has 1 N–H and O–H groups in total. The molecule has 5 heteroatoms. The second-order valence-electron chi connectivity index (χ2n) is 7.87. The first kappa shape index (κ1) is 21.8. The van der Waals surface area contributed by atoms with Gasteiger partial charge in [-0.3, -0.25) is 0 Å². The number of nitrogens with zero attached hydrogens (tertiary/aromatic N) is 2. The maximum absolute atomic E-state index is 9.71. The molecule has 3 aromatic rings. The molecule has 0 aromatic heterocycles. The Kier molecular flexibility index (Phi) is 7.55. The van der Waals surface area contributed by atoms with Crippen LogP contribution in [0.3, 0.4) is 0 Å². The lowest BCUT2D eigenvalue weighted by molar-refractivity contribution is 0.241. The van der Waals surface area contributed by atoms with Gasteiger partial charge >= 0.3 is 0 Å². The van der Waals surface area contributed by atoms with E-state index in [1.54, 1.807) is 23.9 Å². The zero-order valence-corrected chi connectivity index (χ0v) is 19.0. The molecule has 1 aliphatic carbocycles. The topological polar surface area (TPSA) is 35.8 Å². The summed E-state index contributed by atoms with van der Waals surface area (Å²) in [7, 11) is 0. The van der Waals surface area contributed by atoms with E-state index in [-0.39, 0.29) is 0 Å². The van der Waals surface area contributed by atoms with Crippen molar-refractivity contribution >= 4 is 34.2 Å². The molecule has 0 spiro atoms. The van der Waals surface area contributed by atoms with Gasteiger partial charge in [-0.25, -0.2) is 4.99 Å². The summed E-state index contributed by atoms with van der Waals surface area (Å²) in [6.07, 6.45) is 6.15. The molecule has 0 radical (unpaired) electrons. The Morgan fingerprint density at radius 3 is 2.26 bits per heavy atom. The Hall–Kier alpha value is -2.43. The van der Waals surface area contributed by atoms with Gasteiger partial charge in [-0.05, 0) is 66.9 Å². The normalized spacial score (nSPS) is 15.1. The fourth-order valence-corrected chi connectivity index (χ4v) is 5.00. The van der Waals surface area contributed by atoms with E-state index in [9.17, 15) is 5.11 Å². The van der Waals surface area contributed by atoms with E-state index in [1.165, 1.54) is 37.7 Å². The highest BCUT2D eigenvalue weighted by Gasteiger charge is 2.25. The minimum atomic E-state index is 0.293. The summed E-state index contributed by atoms with van der Waals surface area (Å²) in [6.45, 7) is 0.761. The molecule has 31 heavy (non-hydrogen) atoms. The van der Waals surface area contributed by atoms with Gasteiger partial charge in [0, 0.05) is 22.5 Å². The number of hydrogen-bond acceptors (Lipinski definition) is 3. The van der Waals surface area contributed by atoms with Gasteiger partial charge in [0.2, 0.25) is 0 Å². The largest absolute Gasteiger partial charge is 0.508 e. The van der Waals surface area contributed by atoms with Crippen molar-refractivity contribution in [3.05, 3.63) is 89.4 Å². The van der Waals surface area contributed by atoms with E-state index in [1.807, 2.05) is 66.7 Å². The van der Waals surface area contributed by atoms with Gasteiger partial charge in [0.05, 0.1) is 5.69 Å². The number of phenols is 1. The Balaban J connectivity index is 1.70. The van der Waals surface area contributed by atoms with E-state index >= 15 is 0 Å². The molecule has 1 aliphatic rings. The molecule has 0 heterocycles. The van der Waals surface area contributed by atoms with Crippen molar-refractivity contribution in [3.63, 3.8) is 0 Å². The molecule has 0 amide bonds. The van der Waals surface area contributed by atoms with Gasteiger partial charge < -0.3 is 10.0 Å². The average molecular weight is 451 g/mol. The predicted octanol–water partition coefficient (Wildman–Crippen LogP) is 7.66. The number of aromatic hydroxyl groups is 1. The van der Waals surface area contributed by atoms with Crippen molar-refractivity contribution < 1.29 is 5.11 Å². The van der Waals surface area contributed by atoms with Gasteiger partial charge in [0.15, 0.2) is 5.17 Å². The molecule has 160 valence electrons. The number of amidine groups is 1. The third-order valence-electron chi connectivity index (χ3n) is 5.55. The monoisotopic (exact) mass is 450 g/mol. The van der Waals surface area contributed by atoms with Crippen LogP contribution in [0.5, 0.6) is 5.75 Å². The van der Waals surface area contributed by atoms with Crippen LogP contribution in [0.2, 0.25) is 5.02 Å². The number of thioether (sulfide) groups is 1. The van der Waals surface area contributed by atoms with Crippen molar-refractivity contribution in [2.24, 2.45) is 4.99 Å². The summed E-state index contributed by atoms with van der Waals surface area (Å²) in [5, 5.41) is 11.4. The zero-order chi connectivity index (χ0) is 21.5. The van der Waals surface area contributed by atoms with Gasteiger partial charge in [-0.1, -0.05) is 73.0 Å². The molecule has 0 saturated heterocycles. The quantitative estimate of drug-likeness (QED) is 0.246. The van der Waals surface area contributed by atoms with E-state index in [0.717, 1.165) is 27.3 Å². The van der Waals surface area contributed by atoms with Crippen molar-refractivity contribution in [1.29, 1.82) is 0 Å². The van der Waals surface area contributed by atoms with Crippen LogP contribution in [0.4, 0.5) is 5.69 Å². The number of benzene rings is 3. The number of aliphatic imine (C=N–C) groups is 1. The Labute approximate surface area is 193 Å². The Bertz CT molecular complexity index is 984. The van der Waals surface area contributed by atoms with E-state index in [2.05, 4.69) is 4.90 Å². The summed E-state index contributed by atoms with van der Waals surface area (Å²) >= 11 is 7.80. The molecule has 3 nitrogen and oxygen atoms in total. The summed E-state index contributed by atoms with van der Waals surface area (Å²) < 4.78 is 0. The second-order valence-corrected chi connectivity index (χ2v) is 9.35. The number of hydrogen-bond donors (Lipinski definition) is 1. The Morgan fingerprint density at radius 2 is 1.58 bits per heavy atom. The van der Waals surface area contributed by atoms with Crippen molar-refractivity contribution in [3.8, 4) is 5.75 Å². The number of halogens is 1. The molecule has 1 saturated carbocycles. The first-order chi connectivity index (χ1) is 15.2. The molecular weight excluding hydrogens is 424 g/mol. The van der Waals surface area contributed by atoms with Crippen molar-refractivity contribution in [2.45, 2.75) is 49.6 Å². The van der Waals surface area contributed by atoms with Crippen LogP contribution in [0.15, 0.2) is 88.8 Å². The molecule has 0 bridgehead atoms. The Morgan fingerprint density at radius 1 is 0.903 bits per heavy atom. The highest BCUT2D eigenvalue weighted by molar-refractivity contribution is 8.13. The van der Waals surface area contributed by atoms with Crippen LogP contribution in [0.1, 0.15) is 37.7 Å². The summed E-state index contributed by atoms with van der Waals surface area (Å²) in [4.78, 5) is 8.66. The summed E-state index contributed by atoms with van der Waals surface area (Å²) in [5.74, 6) is 0.293. The van der Waals surface area contributed by atoms with E-state index < -0.39 is 0 Å². The van der Waals surface area contributed by atoms with Gasteiger partial charge in [0.1, 0.15) is 5.75 Å². The van der Waals surface area contributed by atoms with Crippen LogP contribution >= 0.6 is 23.4 Å². The number of rotatable bonds is 5. The molecule has 0 unspecified atom stereocenters. The van der Waals surface area contributed by atoms with Crippen LogP contribution in [-0.2, 0) is 6.54 Å². The molecule has 0 atom stereocenters.